The first-order chi connectivity index (χ1) is 9.20. The molecule has 2 rings (SSSR count). The molecule has 1 N–H and O–H groups in total. The number of oxazole rings is 1. The fourth-order valence-electron chi connectivity index (χ4n) is 1.71. The van der Waals surface area contributed by atoms with Crippen molar-refractivity contribution in [1.29, 1.82) is 0 Å². The fraction of sp³-hybridized carbons (Fsp3) is 0.357. The first-order valence-electron chi connectivity index (χ1n) is 6.31. The van der Waals surface area contributed by atoms with Gasteiger partial charge in [0.1, 0.15) is 0 Å². The maximum Gasteiger partial charge on any atom is 0.196 e. The van der Waals surface area contributed by atoms with Gasteiger partial charge in [-0.1, -0.05) is 30.1 Å². The molecular weight excluding hydrogens is 283 g/mol. The van der Waals surface area contributed by atoms with Gasteiger partial charge in [-0.25, -0.2) is 4.98 Å². The molecule has 1 aromatic carbocycles. The minimum atomic E-state index is 0.515. The molecule has 0 amide bonds. The summed E-state index contributed by atoms with van der Waals surface area (Å²) in [4.78, 5) is 4.26. The number of nitrogens with one attached hydrogen (secondary N) is 1. The average molecular weight is 299 g/mol. The highest BCUT2D eigenvalue weighted by molar-refractivity contribution is 6.42. The topological polar surface area (TPSA) is 38.1 Å². The summed E-state index contributed by atoms with van der Waals surface area (Å²) < 4.78 is 5.69. The van der Waals surface area contributed by atoms with Crippen molar-refractivity contribution in [3.05, 3.63) is 40.3 Å². The van der Waals surface area contributed by atoms with Crippen molar-refractivity contribution < 1.29 is 4.42 Å². The van der Waals surface area contributed by atoms with Gasteiger partial charge in [-0.3, -0.25) is 0 Å². The van der Waals surface area contributed by atoms with Crippen molar-refractivity contribution in [3.63, 3.8) is 0 Å². The Labute approximate surface area is 122 Å². The Morgan fingerprint density at radius 3 is 2.79 bits per heavy atom. The quantitative estimate of drug-likeness (QED) is 0.813. The Balaban J connectivity index is 2.01. The summed E-state index contributed by atoms with van der Waals surface area (Å²) in [6.07, 6.45) is 3.62. The molecule has 19 heavy (non-hydrogen) atoms. The number of benzene rings is 1. The third kappa shape index (κ3) is 3.96. The monoisotopic (exact) mass is 298 g/mol. The Kier molecular flexibility index (Phi) is 5.25. The zero-order chi connectivity index (χ0) is 13.7. The first kappa shape index (κ1) is 14.4. The second kappa shape index (κ2) is 6.94. The molecule has 0 aliphatic rings. The summed E-state index contributed by atoms with van der Waals surface area (Å²) in [6, 6.07) is 5.40. The summed E-state index contributed by atoms with van der Waals surface area (Å²) >= 11 is 11.9. The normalized spacial score (nSPS) is 10.9. The zero-order valence-corrected chi connectivity index (χ0v) is 12.3. The van der Waals surface area contributed by atoms with E-state index in [9.17, 15) is 0 Å². The standard InChI is InChI=1S/C14H16Cl2N2O/c1-2-6-17-7-5-14-18-9-13(19-14)10-3-4-11(15)12(16)8-10/h3-4,8-9,17H,2,5-7H2,1H3. The molecule has 0 fully saturated rings. The van der Waals surface area contributed by atoms with Gasteiger partial charge in [0, 0.05) is 18.5 Å². The van der Waals surface area contributed by atoms with Crippen molar-refractivity contribution >= 4 is 23.2 Å². The van der Waals surface area contributed by atoms with Gasteiger partial charge in [-0.15, -0.1) is 0 Å². The molecule has 0 spiro atoms. The largest absolute Gasteiger partial charge is 0.441 e. The zero-order valence-electron chi connectivity index (χ0n) is 10.7. The highest BCUT2D eigenvalue weighted by Gasteiger charge is 2.08. The number of rotatable bonds is 6. The molecule has 5 heteroatoms. The van der Waals surface area contributed by atoms with Gasteiger partial charge < -0.3 is 9.73 Å². The third-order valence-corrected chi connectivity index (χ3v) is 3.44. The lowest BCUT2D eigenvalue weighted by atomic mass is 10.2. The summed E-state index contributed by atoms with van der Waals surface area (Å²) in [5, 5.41) is 4.36. The van der Waals surface area contributed by atoms with E-state index in [0.717, 1.165) is 37.4 Å². The molecule has 0 radical (unpaired) electrons. The van der Waals surface area contributed by atoms with Crippen LogP contribution in [0, 0.1) is 0 Å². The van der Waals surface area contributed by atoms with Crippen LogP contribution in [0.4, 0.5) is 0 Å². The molecule has 102 valence electrons. The molecular formula is C14H16Cl2N2O. The molecule has 0 atom stereocenters. The van der Waals surface area contributed by atoms with Crippen LogP contribution in [-0.4, -0.2) is 18.1 Å². The first-order valence-corrected chi connectivity index (χ1v) is 7.07. The van der Waals surface area contributed by atoms with Crippen molar-refractivity contribution in [2.75, 3.05) is 13.1 Å². The van der Waals surface area contributed by atoms with Crippen LogP contribution < -0.4 is 5.32 Å². The van der Waals surface area contributed by atoms with Crippen LogP contribution in [0.3, 0.4) is 0 Å². The van der Waals surface area contributed by atoms with Crippen molar-refractivity contribution in [3.8, 4) is 11.3 Å². The smallest absolute Gasteiger partial charge is 0.196 e. The number of nitrogens with zero attached hydrogens (tertiary/aromatic N) is 1. The van der Waals surface area contributed by atoms with E-state index >= 15 is 0 Å². The van der Waals surface area contributed by atoms with E-state index in [4.69, 9.17) is 27.6 Å². The SMILES string of the molecule is CCCNCCc1ncc(-c2ccc(Cl)c(Cl)c2)o1. The molecule has 0 saturated carbocycles. The molecule has 0 unspecified atom stereocenters. The molecule has 1 heterocycles. The maximum absolute atomic E-state index is 5.98. The predicted molar refractivity (Wildman–Crippen MR) is 78.8 cm³/mol. The fourth-order valence-corrected chi connectivity index (χ4v) is 2.00. The Morgan fingerprint density at radius 2 is 2.05 bits per heavy atom. The number of halogens is 2. The highest BCUT2D eigenvalue weighted by Crippen LogP contribution is 2.28. The van der Waals surface area contributed by atoms with Crippen LogP contribution in [0.25, 0.3) is 11.3 Å². The van der Waals surface area contributed by atoms with Crippen LogP contribution in [0.15, 0.2) is 28.8 Å². The minimum absolute atomic E-state index is 0.515. The molecule has 0 aliphatic heterocycles. The van der Waals surface area contributed by atoms with Gasteiger partial charge in [0.25, 0.3) is 0 Å². The molecule has 0 saturated heterocycles. The van der Waals surface area contributed by atoms with Gasteiger partial charge in [-0.2, -0.15) is 0 Å². The summed E-state index contributed by atoms with van der Waals surface area (Å²) in [5.41, 5.74) is 0.884. The summed E-state index contributed by atoms with van der Waals surface area (Å²) in [5.74, 6) is 1.44. The van der Waals surface area contributed by atoms with Crippen LogP contribution >= 0.6 is 23.2 Å². The molecule has 1 aromatic heterocycles. The van der Waals surface area contributed by atoms with Crippen molar-refractivity contribution in [2.45, 2.75) is 19.8 Å². The van der Waals surface area contributed by atoms with Gasteiger partial charge in [0.05, 0.1) is 16.2 Å². The lowest BCUT2D eigenvalue weighted by molar-refractivity contribution is 0.495. The summed E-state index contributed by atoms with van der Waals surface area (Å²) in [7, 11) is 0. The second-order valence-corrected chi connectivity index (χ2v) is 5.06. The molecule has 0 bridgehead atoms. The Morgan fingerprint density at radius 1 is 1.21 bits per heavy atom. The third-order valence-electron chi connectivity index (χ3n) is 2.70. The molecule has 2 aromatic rings. The van der Waals surface area contributed by atoms with Crippen molar-refractivity contribution in [2.24, 2.45) is 0 Å². The van der Waals surface area contributed by atoms with Gasteiger partial charge >= 0.3 is 0 Å². The second-order valence-electron chi connectivity index (χ2n) is 4.25. The van der Waals surface area contributed by atoms with E-state index in [0.29, 0.717) is 15.8 Å². The van der Waals surface area contributed by atoms with Crippen LogP contribution in [-0.2, 0) is 6.42 Å². The van der Waals surface area contributed by atoms with Crippen molar-refractivity contribution in [1.82, 2.24) is 10.3 Å². The summed E-state index contributed by atoms with van der Waals surface area (Å²) in [6.45, 7) is 4.02. The lowest BCUT2D eigenvalue weighted by Gasteiger charge is -2.00. The minimum Gasteiger partial charge on any atom is -0.441 e. The van der Waals surface area contributed by atoms with E-state index in [1.807, 2.05) is 6.07 Å². The number of hydrogen-bond acceptors (Lipinski definition) is 3. The number of aromatic nitrogens is 1. The molecule has 0 aliphatic carbocycles. The van der Waals surface area contributed by atoms with E-state index < -0.39 is 0 Å². The number of hydrogen-bond donors (Lipinski definition) is 1. The van der Waals surface area contributed by atoms with Crippen LogP contribution in [0.1, 0.15) is 19.2 Å². The predicted octanol–water partition coefficient (Wildman–Crippen LogP) is 4.19. The average Bonchev–Trinajstić information content (AvgIpc) is 2.87. The lowest BCUT2D eigenvalue weighted by Crippen LogP contribution is -2.17. The van der Waals surface area contributed by atoms with Crippen LogP contribution in [0.2, 0.25) is 10.0 Å². The maximum atomic E-state index is 5.98. The van der Waals surface area contributed by atoms with E-state index in [1.165, 1.54) is 0 Å². The van der Waals surface area contributed by atoms with Crippen LogP contribution in [0.5, 0.6) is 0 Å². The van der Waals surface area contributed by atoms with E-state index in [2.05, 4.69) is 17.2 Å². The molecule has 3 nitrogen and oxygen atoms in total. The van der Waals surface area contributed by atoms with E-state index in [-0.39, 0.29) is 0 Å². The van der Waals surface area contributed by atoms with Gasteiger partial charge in [0.15, 0.2) is 11.7 Å². The van der Waals surface area contributed by atoms with E-state index in [1.54, 1.807) is 18.3 Å². The van der Waals surface area contributed by atoms with Gasteiger partial charge in [-0.05, 0) is 31.2 Å². The van der Waals surface area contributed by atoms with Gasteiger partial charge in [0.2, 0.25) is 0 Å². The Bertz CT molecular complexity index is 540. The highest BCUT2D eigenvalue weighted by atomic mass is 35.5. The Hall–Kier alpha value is -1.03.